The van der Waals surface area contributed by atoms with Crippen LogP contribution in [0, 0.1) is 5.82 Å². The maximum absolute atomic E-state index is 13.6. The van der Waals surface area contributed by atoms with Gasteiger partial charge in [0.2, 0.25) is 0 Å². The van der Waals surface area contributed by atoms with Crippen molar-refractivity contribution >= 4 is 22.4 Å². The highest BCUT2D eigenvalue weighted by molar-refractivity contribution is 7.10. The first-order valence-corrected chi connectivity index (χ1v) is 8.06. The number of thiophene rings is 1. The van der Waals surface area contributed by atoms with Crippen LogP contribution >= 0.6 is 11.3 Å². The van der Waals surface area contributed by atoms with E-state index in [-0.39, 0.29) is 24.0 Å². The molecule has 0 unspecified atom stereocenters. The molecule has 3 heterocycles. The molecule has 0 radical (unpaired) electrons. The van der Waals surface area contributed by atoms with Crippen LogP contribution in [0.4, 0.5) is 17.6 Å². The molecule has 3 rings (SSSR count). The maximum atomic E-state index is 13.6. The molecule has 0 spiro atoms. The number of nitrogens with zero attached hydrogens (tertiary/aromatic N) is 2. The summed E-state index contributed by atoms with van der Waals surface area (Å²) >= 11 is 0.612. The van der Waals surface area contributed by atoms with Gasteiger partial charge in [-0.1, -0.05) is 0 Å². The molecular weight excluding hydrogens is 344 g/mol. The van der Waals surface area contributed by atoms with Gasteiger partial charge in [0.25, 0.3) is 0 Å². The SMILES string of the molecule is CC(C)OCn1cc(-c2ccsc2C(F)(F)F)c2cc(F)cnc21. The summed E-state index contributed by atoms with van der Waals surface area (Å²) in [6.07, 6.45) is -1.96. The van der Waals surface area contributed by atoms with Crippen molar-refractivity contribution in [2.75, 3.05) is 0 Å². The second kappa shape index (κ2) is 6.18. The fourth-order valence-electron chi connectivity index (χ4n) is 2.43. The number of hydrogen-bond acceptors (Lipinski definition) is 3. The molecule has 24 heavy (non-hydrogen) atoms. The van der Waals surface area contributed by atoms with Crippen LogP contribution < -0.4 is 0 Å². The number of hydrogen-bond donors (Lipinski definition) is 0. The van der Waals surface area contributed by atoms with Gasteiger partial charge in [-0.15, -0.1) is 11.3 Å². The van der Waals surface area contributed by atoms with Gasteiger partial charge in [0, 0.05) is 22.7 Å². The lowest BCUT2D eigenvalue weighted by molar-refractivity contribution is -0.133. The van der Waals surface area contributed by atoms with E-state index in [1.165, 1.54) is 23.7 Å². The van der Waals surface area contributed by atoms with Crippen LogP contribution in [-0.4, -0.2) is 15.7 Å². The molecular formula is C16H14F4N2OS. The Morgan fingerprint density at radius 1 is 1.29 bits per heavy atom. The zero-order chi connectivity index (χ0) is 17.5. The Kier molecular flexibility index (Phi) is 4.35. The number of pyridine rings is 1. The molecule has 0 aliphatic heterocycles. The zero-order valence-electron chi connectivity index (χ0n) is 12.9. The van der Waals surface area contributed by atoms with E-state index in [9.17, 15) is 17.6 Å². The Bertz CT molecular complexity index is 867. The Labute approximate surface area is 139 Å². The molecule has 0 atom stereocenters. The van der Waals surface area contributed by atoms with Gasteiger partial charge in [-0.3, -0.25) is 0 Å². The normalized spacial score (nSPS) is 12.5. The first kappa shape index (κ1) is 16.9. The molecule has 0 N–H and O–H groups in total. The fraction of sp³-hybridized carbons (Fsp3) is 0.312. The van der Waals surface area contributed by atoms with Gasteiger partial charge in [-0.2, -0.15) is 13.2 Å². The van der Waals surface area contributed by atoms with Gasteiger partial charge in [0.05, 0.1) is 12.3 Å². The molecule has 3 aromatic rings. The third kappa shape index (κ3) is 3.16. The molecule has 0 aromatic carbocycles. The first-order valence-electron chi connectivity index (χ1n) is 7.18. The molecule has 3 nitrogen and oxygen atoms in total. The molecule has 0 saturated carbocycles. The monoisotopic (exact) mass is 358 g/mol. The van der Waals surface area contributed by atoms with Crippen LogP contribution in [0.25, 0.3) is 22.2 Å². The number of aromatic nitrogens is 2. The van der Waals surface area contributed by atoms with E-state index in [1.807, 2.05) is 13.8 Å². The molecule has 0 fully saturated rings. The Balaban J connectivity index is 2.18. The van der Waals surface area contributed by atoms with Gasteiger partial charge in [-0.05, 0) is 31.4 Å². The number of halogens is 4. The summed E-state index contributed by atoms with van der Waals surface area (Å²) in [7, 11) is 0. The van der Waals surface area contributed by atoms with E-state index in [1.54, 1.807) is 4.57 Å². The number of alkyl halides is 3. The summed E-state index contributed by atoms with van der Waals surface area (Å²) in [5.74, 6) is -0.602. The number of fused-ring (bicyclic) bond motifs is 1. The molecule has 0 aliphatic carbocycles. The average Bonchev–Trinajstić information content (AvgIpc) is 3.08. The minimum atomic E-state index is -4.47. The highest BCUT2D eigenvalue weighted by atomic mass is 32.1. The van der Waals surface area contributed by atoms with Crippen molar-refractivity contribution in [2.24, 2.45) is 0 Å². The third-order valence-corrected chi connectivity index (χ3v) is 4.40. The summed E-state index contributed by atoms with van der Waals surface area (Å²) in [4.78, 5) is 3.30. The standard InChI is InChI=1S/C16H14F4N2OS/c1-9(2)23-8-22-7-13(12-5-10(17)6-21-15(12)22)11-3-4-24-14(11)16(18,19)20/h3-7,9H,8H2,1-2H3. The minimum absolute atomic E-state index is 0.0215. The second-order valence-corrected chi connectivity index (χ2v) is 6.46. The lowest BCUT2D eigenvalue weighted by atomic mass is 10.1. The number of ether oxygens (including phenoxy) is 1. The first-order chi connectivity index (χ1) is 11.3. The molecule has 3 aromatic heterocycles. The third-order valence-electron chi connectivity index (χ3n) is 3.44. The Morgan fingerprint density at radius 2 is 2.04 bits per heavy atom. The largest absolute Gasteiger partial charge is 0.426 e. The van der Waals surface area contributed by atoms with Gasteiger partial charge in [0.15, 0.2) is 0 Å². The van der Waals surface area contributed by atoms with Crippen LogP contribution in [0.1, 0.15) is 18.7 Å². The van der Waals surface area contributed by atoms with E-state index >= 15 is 0 Å². The van der Waals surface area contributed by atoms with Crippen LogP contribution in [-0.2, 0) is 17.6 Å². The van der Waals surface area contributed by atoms with Crippen molar-refractivity contribution < 1.29 is 22.3 Å². The second-order valence-electron chi connectivity index (χ2n) is 5.54. The van der Waals surface area contributed by atoms with Crippen LogP contribution in [0.3, 0.4) is 0 Å². The van der Waals surface area contributed by atoms with Gasteiger partial charge in [0.1, 0.15) is 23.1 Å². The molecule has 128 valence electrons. The molecule has 0 saturated heterocycles. The average molecular weight is 358 g/mol. The van der Waals surface area contributed by atoms with Gasteiger partial charge in [-0.25, -0.2) is 9.37 Å². The van der Waals surface area contributed by atoms with Crippen LogP contribution in [0.2, 0.25) is 0 Å². The van der Waals surface area contributed by atoms with Crippen molar-refractivity contribution in [2.45, 2.75) is 32.9 Å². The predicted molar refractivity (Wildman–Crippen MR) is 84.2 cm³/mol. The van der Waals surface area contributed by atoms with E-state index in [0.717, 1.165) is 6.20 Å². The summed E-state index contributed by atoms with van der Waals surface area (Å²) in [6.45, 7) is 3.82. The lowest BCUT2D eigenvalue weighted by Crippen LogP contribution is -2.08. The van der Waals surface area contributed by atoms with Gasteiger partial charge >= 0.3 is 6.18 Å². The summed E-state index contributed by atoms with van der Waals surface area (Å²) in [5, 5.41) is 1.70. The van der Waals surface area contributed by atoms with Gasteiger partial charge < -0.3 is 9.30 Å². The van der Waals surface area contributed by atoms with Crippen molar-refractivity contribution in [1.29, 1.82) is 0 Å². The fourth-order valence-corrected chi connectivity index (χ4v) is 3.21. The molecule has 0 amide bonds. The number of rotatable bonds is 4. The Hall–Kier alpha value is -1.93. The van der Waals surface area contributed by atoms with Crippen molar-refractivity contribution in [1.82, 2.24) is 9.55 Å². The lowest BCUT2D eigenvalue weighted by Gasteiger charge is -2.09. The van der Waals surface area contributed by atoms with E-state index in [2.05, 4.69) is 4.98 Å². The molecule has 8 heteroatoms. The zero-order valence-corrected chi connectivity index (χ0v) is 13.7. The highest BCUT2D eigenvalue weighted by Crippen LogP contribution is 2.43. The van der Waals surface area contributed by atoms with E-state index in [0.29, 0.717) is 22.4 Å². The smallest absolute Gasteiger partial charge is 0.358 e. The maximum Gasteiger partial charge on any atom is 0.426 e. The highest BCUT2D eigenvalue weighted by Gasteiger charge is 2.36. The molecule has 0 aliphatic rings. The Morgan fingerprint density at radius 3 is 2.71 bits per heavy atom. The van der Waals surface area contributed by atoms with Crippen LogP contribution in [0.15, 0.2) is 29.9 Å². The van der Waals surface area contributed by atoms with E-state index < -0.39 is 16.9 Å². The van der Waals surface area contributed by atoms with Crippen molar-refractivity contribution in [3.8, 4) is 11.1 Å². The summed E-state index contributed by atoms with van der Waals surface area (Å²) in [5.41, 5.74) is 0.692. The van der Waals surface area contributed by atoms with Crippen LogP contribution in [0.5, 0.6) is 0 Å². The van der Waals surface area contributed by atoms with Crippen molar-refractivity contribution in [3.63, 3.8) is 0 Å². The van der Waals surface area contributed by atoms with Crippen molar-refractivity contribution in [3.05, 3.63) is 40.6 Å². The summed E-state index contributed by atoms with van der Waals surface area (Å²) < 4.78 is 60.3. The quantitative estimate of drug-likeness (QED) is 0.592. The minimum Gasteiger partial charge on any atom is -0.358 e. The van der Waals surface area contributed by atoms with E-state index in [4.69, 9.17) is 4.74 Å². The molecule has 0 bridgehead atoms. The summed E-state index contributed by atoms with van der Waals surface area (Å²) in [6, 6.07) is 2.59. The topological polar surface area (TPSA) is 27.1 Å². The predicted octanol–water partition coefficient (Wildman–Crippen LogP) is 5.31.